The minimum absolute atomic E-state index is 0.155. The number of nitrogens with one attached hydrogen (secondary N) is 2. The smallest absolute Gasteiger partial charge is 0.319 e. The molecular formula is C15H22N2O2. The monoisotopic (exact) mass is 262 g/mol. The fourth-order valence-corrected chi connectivity index (χ4v) is 1.78. The van der Waals surface area contributed by atoms with E-state index in [1.807, 2.05) is 31.2 Å². The molecule has 4 nitrogen and oxygen atoms in total. The van der Waals surface area contributed by atoms with Gasteiger partial charge in [-0.2, -0.15) is 0 Å². The van der Waals surface area contributed by atoms with Crippen LogP contribution in [0.15, 0.2) is 24.3 Å². The van der Waals surface area contributed by atoms with Gasteiger partial charge in [0.1, 0.15) is 0 Å². The van der Waals surface area contributed by atoms with Crippen molar-refractivity contribution in [2.75, 3.05) is 18.5 Å². The van der Waals surface area contributed by atoms with Crippen molar-refractivity contribution in [1.29, 1.82) is 0 Å². The summed E-state index contributed by atoms with van der Waals surface area (Å²) in [6.07, 6.45) is 3.54. The van der Waals surface area contributed by atoms with Gasteiger partial charge < -0.3 is 15.4 Å². The number of urea groups is 1. The maximum absolute atomic E-state index is 11.5. The van der Waals surface area contributed by atoms with Crippen LogP contribution in [-0.4, -0.2) is 19.2 Å². The molecule has 0 radical (unpaired) electrons. The summed E-state index contributed by atoms with van der Waals surface area (Å²) < 4.78 is 5.64. The van der Waals surface area contributed by atoms with Crippen molar-refractivity contribution < 1.29 is 9.53 Å². The lowest BCUT2D eigenvalue weighted by Crippen LogP contribution is -2.29. The first-order chi connectivity index (χ1) is 9.28. The van der Waals surface area contributed by atoms with Gasteiger partial charge in [0, 0.05) is 18.8 Å². The number of benzene rings is 1. The Morgan fingerprint density at radius 1 is 1.42 bits per heavy atom. The summed E-state index contributed by atoms with van der Waals surface area (Å²) in [6, 6.07) is 7.64. The molecule has 1 aromatic rings. The predicted molar refractivity (Wildman–Crippen MR) is 76.1 cm³/mol. The highest BCUT2D eigenvalue weighted by Crippen LogP contribution is 2.29. The van der Waals surface area contributed by atoms with Crippen LogP contribution in [0.25, 0.3) is 0 Å². The fourth-order valence-electron chi connectivity index (χ4n) is 1.78. The van der Waals surface area contributed by atoms with Crippen LogP contribution in [0.4, 0.5) is 10.5 Å². The summed E-state index contributed by atoms with van der Waals surface area (Å²) in [4.78, 5) is 11.5. The van der Waals surface area contributed by atoms with Gasteiger partial charge in [0.25, 0.3) is 0 Å². The summed E-state index contributed by atoms with van der Waals surface area (Å²) >= 11 is 0. The van der Waals surface area contributed by atoms with Crippen molar-refractivity contribution in [2.45, 2.75) is 32.8 Å². The molecule has 2 N–H and O–H groups in total. The van der Waals surface area contributed by atoms with E-state index in [2.05, 4.69) is 10.6 Å². The number of carbonyl (C=O) groups is 1. The van der Waals surface area contributed by atoms with Crippen molar-refractivity contribution in [1.82, 2.24) is 5.32 Å². The molecule has 1 aliphatic rings. The standard InChI is InChI=1S/C15H22N2O2/c1-2-8-16-15(18)17-14-5-3-4-13(9-14)11-19-10-12-6-7-12/h3-5,9,12H,2,6-8,10-11H2,1H3,(H2,16,17,18). The van der Waals surface area contributed by atoms with Crippen LogP contribution in [0.5, 0.6) is 0 Å². The van der Waals surface area contributed by atoms with Crippen molar-refractivity contribution in [2.24, 2.45) is 5.92 Å². The highest BCUT2D eigenvalue weighted by atomic mass is 16.5. The van der Waals surface area contributed by atoms with Gasteiger partial charge in [-0.3, -0.25) is 0 Å². The summed E-state index contributed by atoms with van der Waals surface area (Å²) in [6.45, 7) is 4.19. The van der Waals surface area contributed by atoms with Crippen LogP contribution in [0.1, 0.15) is 31.7 Å². The topological polar surface area (TPSA) is 50.4 Å². The molecule has 0 atom stereocenters. The van der Waals surface area contributed by atoms with Gasteiger partial charge in [0.2, 0.25) is 0 Å². The lowest BCUT2D eigenvalue weighted by Gasteiger charge is -2.09. The molecule has 0 aromatic heterocycles. The third-order valence-electron chi connectivity index (χ3n) is 3.04. The Balaban J connectivity index is 1.78. The third kappa shape index (κ3) is 5.30. The number of carbonyl (C=O) groups excluding carboxylic acids is 1. The first kappa shape index (κ1) is 13.9. The second-order valence-electron chi connectivity index (χ2n) is 5.04. The second-order valence-corrected chi connectivity index (χ2v) is 5.04. The highest BCUT2D eigenvalue weighted by molar-refractivity contribution is 5.89. The molecule has 1 fully saturated rings. The van der Waals surface area contributed by atoms with Crippen LogP contribution in [0.3, 0.4) is 0 Å². The Kier molecular flexibility index (Phi) is 5.21. The first-order valence-electron chi connectivity index (χ1n) is 6.99. The zero-order valence-electron chi connectivity index (χ0n) is 11.4. The molecule has 0 bridgehead atoms. The molecular weight excluding hydrogens is 240 g/mol. The summed E-state index contributed by atoms with van der Waals surface area (Å²) in [5, 5.41) is 5.61. The van der Waals surface area contributed by atoms with Crippen LogP contribution in [0, 0.1) is 5.92 Å². The lowest BCUT2D eigenvalue weighted by atomic mass is 10.2. The van der Waals surface area contributed by atoms with Gasteiger partial charge in [-0.05, 0) is 42.9 Å². The number of hydrogen-bond acceptors (Lipinski definition) is 2. The number of anilines is 1. The first-order valence-corrected chi connectivity index (χ1v) is 6.99. The van der Waals surface area contributed by atoms with Gasteiger partial charge >= 0.3 is 6.03 Å². The van der Waals surface area contributed by atoms with E-state index in [0.717, 1.165) is 30.2 Å². The van der Waals surface area contributed by atoms with Gasteiger partial charge in [-0.15, -0.1) is 0 Å². The molecule has 0 heterocycles. The highest BCUT2D eigenvalue weighted by Gasteiger charge is 2.20. The number of rotatable bonds is 7. The zero-order valence-corrected chi connectivity index (χ0v) is 11.4. The van der Waals surface area contributed by atoms with Crippen LogP contribution >= 0.6 is 0 Å². The predicted octanol–water partition coefficient (Wildman–Crippen LogP) is 3.14. The number of hydrogen-bond donors (Lipinski definition) is 2. The summed E-state index contributed by atoms with van der Waals surface area (Å²) in [7, 11) is 0. The van der Waals surface area contributed by atoms with Crippen molar-refractivity contribution in [3.8, 4) is 0 Å². The van der Waals surface area contributed by atoms with E-state index in [1.54, 1.807) is 0 Å². The Hall–Kier alpha value is -1.55. The van der Waals surface area contributed by atoms with E-state index < -0.39 is 0 Å². The molecule has 0 saturated heterocycles. The Morgan fingerprint density at radius 2 is 2.26 bits per heavy atom. The molecule has 0 spiro atoms. The molecule has 4 heteroatoms. The number of amides is 2. The van der Waals surface area contributed by atoms with Crippen LogP contribution in [0.2, 0.25) is 0 Å². The maximum atomic E-state index is 11.5. The lowest BCUT2D eigenvalue weighted by molar-refractivity contribution is 0.111. The fraction of sp³-hybridized carbons (Fsp3) is 0.533. The summed E-state index contributed by atoms with van der Waals surface area (Å²) in [5.74, 6) is 0.779. The SMILES string of the molecule is CCCNC(=O)Nc1cccc(COCC2CC2)c1. The molecule has 2 rings (SSSR count). The molecule has 2 amide bonds. The van der Waals surface area contributed by atoms with Crippen molar-refractivity contribution >= 4 is 11.7 Å². The molecule has 1 saturated carbocycles. The van der Waals surface area contributed by atoms with E-state index in [0.29, 0.717) is 13.2 Å². The summed E-state index contributed by atoms with van der Waals surface area (Å²) in [5.41, 5.74) is 1.90. The Labute approximate surface area is 114 Å². The van der Waals surface area contributed by atoms with Crippen molar-refractivity contribution in [3.63, 3.8) is 0 Å². The van der Waals surface area contributed by atoms with Crippen molar-refractivity contribution in [3.05, 3.63) is 29.8 Å². The maximum Gasteiger partial charge on any atom is 0.319 e. The van der Waals surface area contributed by atoms with E-state index in [1.165, 1.54) is 12.8 Å². The Morgan fingerprint density at radius 3 is 3.00 bits per heavy atom. The molecule has 1 aromatic carbocycles. The minimum Gasteiger partial charge on any atom is -0.376 e. The van der Waals surface area contributed by atoms with E-state index in [9.17, 15) is 4.79 Å². The second kappa shape index (κ2) is 7.14. The van der Waals surface area contributed by atoms with Crippen LogP contribution < -0.4 is 10.6 Å². The molecule has 0 aliphatic heterocycles. The van der Waals surface area contributed by atoms with E-state index in [4.69, 9.17) is 4.74 Å². The van der Waals surface area contributed by atoms with Gasteiger partial charge in [-0.1, -0.05) is 19.1 Å². The van der Waals surface area contributed by atoms with E-state index >= 15 is 0 Å². The van der Waals surface area contributed by atoms with Gasteiger partial charge in [-0.25, -0.2) is 4.79 Å². The largest absolute Gasteiger partial charge is 0.376 e. The third-order valence-corrected chi connectivity index (χ3v) is 3.04. The zero-order chi connectivity index (χ0) is 13.5. The molecule has 0 unspecified atom stereocenters. The Bertz CT molecular complexity index is 416. The van der Waals surface area contributed by atoms with E-state index in [-0.39, 0.29) is 6.03 Å². The van der Waals surface area contributed by atoms with Gasteiger partial charge in [0.05, 0.1) is 6.61 Å². The average Bonchev–Trinajstić information content (AvgIpc) is 3.21. The normalized spacial score (nSPS) is 14.2. The number of ether oxygens (including phenoxy) is 1. The molecule has 1 aliphatic carbocycles. The quantitative estimate of drug-likeness (QED) is 0.793. The van der Waals surface area contributed by atoms with Gasteiger partial charge in [0.15, 0.2) is 0 Å². The molecule has 19 heavy (non-hydrogen) atoms. The molecule has 104 valence electrons. The minimum atomic E-state index is -0.155. The average molecular weight is 262 g/mol. The van der Waals surface area contributed by atoms with Crippen LogP contribution in [-0.2, 0) is 11.3 Å².